The normalized spacial score (nSPS) is 47.6. The molecule has 0 aromatic carbocycles. The summed E-state index contributed by atoms with van der Waals surface area (Å²) in [5.74, 6) is 4.76. The van der Waals surface area contributed by atoms with Crippen LogP contribution in [0.2, 0.25) is 0 Å². The molecule has 9 atom stereocenters. The molecule has 4 aliphatic rings. The minimum Gasteiger partial charge on any atom is -0.396 e. The molecule has 0 aromatic heterocycles. The Labute approximate surface area is 198 Å². The van der Waals surface area contributed by atoms with Gasteiger partial charge in [0, 0.05) is 13.0 Å². The van der Waals surface area contributed by atoms with E-state index < -0.39 is 3.61 Å². The second kappa shape index (κ2) is 8.63. The van der Waals surface area contributed by atoms with E-state index in [-0.39, 0.29) is 0 Å². The predicted octanol–water partition coefficient (Wildman–Crippen LogP) is 7.12. The highest BCUT2D eigenvalue weighted by molar-refractivity contribution is 14.1. The molecule has 4 aliphatic carbocycles. The first-order chi connectivity index (χ1) is 14.1. The van der Waals surface area contributed by atoms with Crippen LogP contribution in [0, 0.1) is 46.3 Å². The third kappa shape index (κ3) is 4.06. The molecule has 0 heterocycles. The van der Waals surface area contributed by atoms with Gasteiger partial charge in [-0.05, 0) is 120 Å². The zero-order valence-corrected chi connectivity index (χ0v) is 22.0. The van der Waals surface area contributed by atoms with E-state index in [1.165, 1.54) is 57.8 Å². The van der Waals surface area contributed by atoms with Gasteiger partial charge in [0.15, 0.2) is 0 Å². The lowest BCUT2D eigenvalue weighted by atomic mass is 9.47. The van der Waals surface area contributed by atoms with E-state index in [2.05, 4.69) is 56.4 Å². The van der Waals surface area contributed by atoms with Gasteiger partial charge in [-0.1, -0.05) is 52.2 Å². The highest BCUT2D eigenvalue weighted by Crippen LogP contribution is 2.68. The fraction of sp³-hybridized carbons (Fsp3) is 0.926. The summed E-state index contributed by atoms with van der Waals surface area (Å²) in [6.07, 6.45) is 16.3. The van der Waals surface area contributed by atoms with Gasteiger partial charge in [0.25, 0.3) is 0 Å². The van der Waals surface area contributed by atoms with E-state index in [4.69, 9.17) is 0 Å². The van der Waals surface area contributed by atoms with E-state index in [0.717, 1.165) is 42.4 Å². The van der Waals surface area contributed by atoms with Gasteiger partial charge in [-0.3, -0.25) is 0 Å². The van der Waals surface area contributed by atoms with Crippen molar-refractivity contribution in [3.63, 3.8) is 0 Å². The van der Waals surface area contributed by atoms with Gasteiger partial charge in [0.2, 0.25) is 0 Å². The second-order valence-corrected chi connectivity index (χ2v) is 14.3. The molecule has 0 radical (unpaired) electrons. The Kier molecular flexibility index (Phi) is 6.77. The maximum Gasteiger partial charge on any atom is 0.119 e. The molecule has 3 saturated carbocycles. The van der Waals surface area contributed by atoms with E-state index in [1.54, 1.807) is 5.57 Å². The van der Waals surface area contributed by atoms with Gasteiger partial charge >= 0.3 is 0 Å². The molecule has 172 valence electrons. The van der Waals surface area contributed by atoms with Crippen LogP contribution in [0.3, 0.4) is 0 Å². The molecule has 3 fully saturated rings. The van der Waals surface area contributed by atoms with Crippen molar-refractivity contribution < 1.29 is 10.2 Å². The maximum absolute atomic E-state index is 10.7. The molecule has 0 bridgehead atoms. The van der Waals surface area contributed by atoms with Gasteiger partial charge in [-0.2, -0.15) is 0 Å². The van der Waals surface area contributed by atoms with E-state index in [0.29, 0.717) is 23.4 Å². The quantitative estimate of drug-likeness (QED) is 0.219. The molecule has 30 heavy (non-hydrogen) atoms. The predicted molar refractivity (Wildman–Crippen MR) is 133 cm³/mol. The molecule has 0 unspecified atom stereocenters. The molecular formula is C27H45IO2. The third-order valence-electron chi connectivity index (χ3n) is 10.5. The van der Waals surface area contributed by atoms with Crippen molar-refractivity contribution in [1.29, 1.82) is 0 Å². The number of aliphatic hydroxyl groups is 2. The van der Waals surface area contributed by atoms with Crippen LogP contribution in [0.25, 0.3) is 0 Å². The molecule has 0 spiro atoms. The Hall–Kier alpha value is 0.390. The number of halogens is 1. The summed E-state index contributed by atoms with van der Waals surface area (Å²) in [7, 11) is 0. The lowest BCUT2D eigenvalue weighted by molar-refractivity contribution is -0.0587. The molecule has 0 aliphatic heterocycles. The van der Waals surface area contributed by atoms with Gasteiger partial charge in [0.05, 0.1) is 0 Å². The minimum atomic E-state index is -0.513. The van der Waals surface area contributed by atoms with Gasteiger partial charge in [-0.15, -0.1) is 0 Å². The smallest absolute Gasteiger partial charge is 0.119 e. The highest BCUT2D eigenvalue weighted by atomic mass is 127. The Morgan fingerprint density at radius 3 is 2.57 bits per heavy atom. The van der Waals surface area contributed by atoms with E-state index in [9.17, 15) is 10.2 Å². The largest absolute Gasteiger partial charge is 0.396 e. The first-order valence-electron chi connectivity index (χ1n) is 12.8. The zero-order chi connectivity index (χ0) is 21.7. The maximum atomic E-state index is 10.7. The molecule has 3 heteroatoms. The first-order valence-corrected chi connectivity index (χ1v) is 13.9. The summed E-state index contributed by atoms with van der Waals surface area (Å²) < 4.78 is -0.513. The number of alkyl halides is 1. The molecule has 2 nitrogen and oxygen atoms in total. The van der Waals surface area contributed by atoms with Crippen molar-refractivity contribution in [2.45, 2.75) is 102 Å². The minimum absolute atomic E-state index is 0.337. The number of hydrogen-bond donors (Lipinski definition) is 2. The van der Waals surface area contributed by atoms with Gasteiger partial charge in [0.1, 0.15) is 3.61 Å². The first kappa shape index (κ1) is 23.5. The fourth-order valence-electron chi connectivity index (χ4n) is 8.66. The molecular weight excluding hydrogens is 483 g/mol. The monoisotopic (exact) mass is 528 g/mol. The van der Waals surface area contributed by atoms with Crippen LogP contribution in [0.15, 0.2) is 11.6 Å². The topological polar surface area (TPSA) is 40.5 Å². The number of allylic oxidation sites excluding steroid dienone is 1. The van der Waals surface area contributed by atoms with Crippen molar-refractivity contribution in [3.8, 4) is 0 Å². The third-order valence-corrected chi connectivity index (χ3v) is 11.5. The Morgan fingerprint density at radius 1 is 1.07 bits per heavy atom. The summed E-state index contributed by atoms with van der Waals surface area (Å²) in [6.45, 7) is 10.2. The van der Waals surface area contributed by atoms with E-state index in [1.807, 2.05) is 0 Å². The van der Waals surface area contributed by atoms with Crippen molar-refractivity contribution in [2.24, 2.45) is 46.3 Å². The second-order valence-electron chi connectivity index (χ2n) is 12.3. The van der Waals surface area contributed by atoms with Crippen LogP contribution in [-0.2, 0) is 0 Å². The van der Waals surface area contributed by atoms with Crippen molar-refractivity contribution in [1.82, 2.24) is 0 Å². The molecule has 2 N–H and O–H groups in total. The summed E-state index contributed by atoms with van der Waals surface area (Å²) >= 11 is 2.29. The summed E-state index contributed by atoms with van der Waals surface area (Å²) in [5, 5.41) is 20.0. The van der Waals surface area contributed by atoms with Crippen LogP contribution in [0.5, 0.6) is 0 Å². The van der Waals surface area contributed by atoms with Crippen LogP contribution in [-0.4, -0.2) is 20.4 Å². The lowest BCUT2D eigenvalue weighted by Gasteiger charge is -2.59. The van der Waals surface area contributed by atoms with Crippen LogP contribution in [0.4, 0.5) is 0 Å². The Morgan fingerprint density at radius 2 is 1.83 bits per heavy atom. The van der Waals surface area contributed by atoms with Gasteiger partial charge < -0.3 is 10.2 Å². The van der Waals surface area contributed by atoms with Crippen LogP contribution < -0.4 is 0 Å². The lowest BCUT2D eigenvalue weighted by Crippen LogP contribution is -2.51. The number of aliphatic hydroxyl groups excluding tert-OH is 1. The number of rotatable bonds is 6. The average Bonchev–Trinajstić information content (AvgIpc) is 3.05. The SMILES string of the molecule is C[C@H](CO)CCC[C@@H](C)[C@H]1CC[C@H]2[C@@H]3CC=C4C[C@](O)(I)CC[C@]4(C)[C@H]3CC[C@]12C. The molecule has 0 saturated heterocycles. The number of fused-ring (bicyclic) bond motifs is 5. The van der Waals surface area contributed by atoms with Crippen molar-refractivity contribution in [3.05, 3.63) is 11.6 Å². The van der Waals surface area contributed by atoms with Crippen LogP contribution in [0.1, 0.15) is 98.3 Å². The summed E-state index contributed by atoms with van der Waals surface area (Å²) in [6, 6.07) is 0. The fourth-order valence-corrected chi connectivity index (χ4v) is 9.34. The molecule has 0 aromatic rings. The summed E-state index contributed by atoms with van der Waals surface area (Å²) in [4.78, 5) is 0. The number of hydrogen-bond acceptors (Lipinski definition) is 2. The van der Waals surface area contributed by atoms with Crippen molar-refractivity contribution >= 4 is 22.6 Å². The molecule has 0 amide bonds. The highest BCUT2D eigenvalue weighted by Gasteiger charge is 2.59. The van der Waals surface area contributed by atoms with Crippen LogP contribution >= 0.6 is 22.6 Å². The average molecular weight is 529 g/mol. The van der Waals surface area contributed by atoms with E-state index >= 15 is 0 Å². The molecule has 4 rings (SSSR count). The standard InChI is InChI=1S/C27H45IO2/c1-18(17-29)6-5-7-19(2)22-10-11-23-21-9-8-20-16-27(28,30)15-14-25(20,3)24(21)12-13-26(22,23)4/h8,18-19,21-24,29-30H,5-7,9-17H2,1-4H3/t18-,19+,21-,22+,23-,24-,25-,26+,27-/m0/s1. The van der Waals surface area contributed by atoms with Gasteiger partial charge in [-0.25, -0.2) is 0 Å². The zero-order valence-electron chi connectivity index (χ0n) is 19.8. The Balaban J connectivity index is 1.47. The summed E-state index contributed by atoms with van der Waals surface area (Å²) in [5.41, 5.74) is 2.45. The Bertz CT molecular complexity index is 657. The van der Waals surface area contributed by atoms with Crippen molar-refractivity contribution in [2.75, 3.05) is 6.61 Å².